The minimum absolute atomic E-state index is 0.00997. The van der Waals surface area contributed by atoms with Gasteiger partial charge >= 0.3 is 0 Å². The third-order valence-electron chi connectivity index (χ3n) is 6.59. The third-order valence-corrected chi connectivity index (χ3v) is 6.59. The van der Waals surface area contributed by atoms with Crippen molar-refractivity contribution >= 4 is 6.21 Å². The Morgan fingerprint density at radius 3 is 2.74 bits per heavy atom. The van der Waals surface area contributed by atoms with Gasteiger partial charge in [0.1, 0.15) is 12.2 Å². The molecule has 2 aliphatic heterocycles. The molecule has 0 amide bonds. The van der Waals surface area contributed by atoms with Gasteiger partial charge in [-0.3, -0.25) is 0 Å². The number of hydrogen-bond acceptors (Lipinski definition) is 6. The predicted molar refractivity (Wildman–Crippen MR) is 141 cm³/mol. The Morgan fingerprint density at radius 2 is 2.00 bits per heavy atom. The summed E-state index contributed by atoms with van der Waals surface area (Å²) in [7, 11) is 0. The van der Waals surface area contributed by atoms with Crippen LogP contribution in [0.3, 0.4) is 0 Å². The number of hydrogen-bond donors (Lipinski definition) is 3. The highest BCUT2D eigenvalue weighted by atomic mass is 16.5. The second-order valence-electron chi connectivity index (χ2n) is 9.74. The Labute approximate surface area is 210 Å². The Hall–Kier alpha value is -2.41. The average molecular weight is 483 g/mol. The molecule has 35 heavy (non-hydrogen) atoms. The molecule has 0 bridgehead atoms. The van der Waals surface area contributed by atoms with Crippen LogP contribution in [0.25, 0.3) is 0 Å². The Bertz CT molecular complexity index is 877. The fourth-order valence-electron chi connectivity index (χ4n) is 4.36. The number of aliphatic hydroxyl groups excluding tert-OH is 1. The summed E-state index contributed by atoms with van der Waals surface area (Å²) in [6.07, 6.45) is 15.9. The van der Waals surface area contributed by atoms with E-state index in [-0.39, 0.29) is 18.5 Å². The van der Waals surface area contributed by atoms with Crippen molar-refractivity contribution < 1.29 is 19.7 Å². The van der Waals surface area contributed by atoms with E-state index < -0.39 is 0 Å². The first-order chi connectivity index (χ1) is 17.0. The van der Waals surface area contributed by atoms with Gasteiger partial charge in [-0.15, -0.1) is 4.99 Å². The summed E-state index contributed by atoms with van der Waals surface area (Å²) in [6, 6.07) is 6.51. The fourth-order valence-corrected chi connectivity index (χ4v) is 4.36. The molecule has 0 aliphatic carbocycles. The van der Waals surface area contributed by atoms with Gasteiger partial charge < -0.3 is 25.4 Å². The summed E-state index contributed by atoms with van der Waals surface area (Å²) in [4.78, 5) is 4.45. The van der Waals surface area contributed by atoms with Crippen LogP contribution in [0.2, 0.25) is 0 Å². The van der Waals surface area contributed by atoms with Crippen molar-refractivity contribution in [3.63, 3.8) is 0 Å². The number of unbranched alkanes of at least 4 members (excludes halogenated alkanes) is 4. The monoisotopic (exact) mass is 482 g/mol. The molecular weight excluding hydrogens is 440 g/mol. The van der Waals surface area contributed by atoms with E-state index in [2.05, 4.69) is 24.9 Å². The summed E-state index contributed by atoms with van der Waals surface area (Å²) in [5.74, 6) is 1.10. The van der Waals surface area contributed by atoms with Crippen molar-refractivity contribution in [1.82, 2.24) is 0 Å². The molecule has 1 aromatic rings. The van der Waals surface area contributed by atoms with E-state index >= 15 is 0 Å². The minimum atomic E-state index is -0.00997. The molecule has 4 N–H and O–H groups in total. The lowest BCUT2D eigenvalue weighted by atomic mass is 10.0. The molecule has 0 radical (unpaired) electrons. The van der Waals surface area contributed by atoms with Crippen molar-refractivity contribution in [2.45, 2.75) is 77.7 Å². The highest BCUT2D eigenvalue weighted by molar-refractivity contribution is 5.83. The smallest absolute Gasteiger partial charge is 0.176 e. The second kappa shape index (κ2) is 14.2. The van der Waals surface area contributed by atoms with Gasteiger partial charge in [-0.05, 0) is 57.4 Å². The van der Waals surface area contributed by atoms with Crippen molar-refractivity contribution in [2.75, 3.05) is 19.8 Å². The highest BCUT2D eigenvalue weighted by Gasteiger charge is 2.23. The maximum absolute atomic E-state index is 10.2. The molecular formula is C29H42N2O4. The predicted octanol–water partition coefficient (Wildman–Crippen LogP) is 5.44. The normalized spacial score (nSPS) is 17.5. The summed E-state index contributed by atoms with van der Waals surface area (Å²) >= 11 is 0. The number of phenolic OH excluding ortho intramolecular Hbond substituents is 1. The SMILES string of the molecule is CC(C)C1=C[C+](CCOc2cc(CC[C-]3C=C(CO)C(CCCCCCCN)O3)ccc2O)N=C1. The van der Waals surface area contributed by atoms with Gasteiger partial charge in [0.25, 0.3) is 0 Å². The number of aliphatic imine (C=N–C) groups is 1. The summed E-state index contributed by atoms with van der Waals surface area (Å²) in [5, 5.41) is 20.0. The topological polar surface area (TPSA) is 97.3 Å². The first kappa shape index (κ1) is 27.2. The second-order valence-corrected chi connectivity index (χ2v) is 9.74. The number of aliphatic hydroxyl groups is 1. The van der Waals surface area contributed by atoms with Gasteiger partial charge in [-0.1, -0.05) is 44.3 Å². The van der Waals surface area contributed by atoms with E-state index in [1.165, 1.54) is 24.8 Å². The fraction of sp³-hybridized carbons (Fsp3) is 0.552. The van der Waals surface area contributed by atoms with E-state index in [0.717, 1.165) is 61.9 Å². The highest BCUT2D eigenvalue weighted by Crippen LogP contribution is 2.33. The lowest BCUT2D eigenvalue weighted by Gasteiger charge is -2.24. The average Bonchev–Trinajstić information content (AvgIpc) is 3.48. The largest absolute Gasteiger partial charge is 0.504 e. The van der Waals surface area contributed by atoms with E-state index in [9.17, 15) is 10.2 Å². The Balaban J connectivity index is 1.42. The Morgan fingerprint density at radius 1 is 1.20 bits per heavy atom. The summed E-state index contributed by atoms with van der Waals surface area (Å²) < 4.78 is 12.0. The molecule has 0 fully saturated rings. The van der Waals surface area contributed by atoms with Crippen LogP contribution in [0, 0.1) is 18.1 Å². The molecule has 0 saturated carbocycles. The molecule has 6 nitrogen and oxygen atoms in total. The quantitative estimate of drug-likeness (QED) is 0.215. The number of ether oxygens (including phenoxy) is 2. The van der Waals surface area contributed by atoms with Gasteiger partial charge in [-0.25, -0.2) is 0 Å². The van der Waals surface area contributed by atoms with Crippen LogP contribution < -0.4 is 10.5 Å². The molecule has 0 saturated heterocycles. The lowest BCUT2D eigenvalue weighted by molar-refractivity contribution is 0.102. The molecule has 0 aromatic heterocycles. The molecule has 2 aliphatic rings. The first-order valence-electron chi connectivity index (χ1n) is 13.1. The molecule has 2 heterocycles. The molecule has 6 heteroatoms. The van der Waals surface area contributed by atoms with Crippen LogP contribution >= 0.6 is 0 Å². The van der Waals surface area contributed by atoms with Gasteiger partial charge in [0.15, 0.2) is 23.8 Å². The number of nitrogens with two attached hydrogens (primary N) is 1. The maximum Gasteiger partial charge on any atom is 0.176 e. The number of nitrogens with zero attached hydrogens (tertiary/aromatic N) is 1. The van der Waals surface area contributed by atoms with Gasteiger partial charge in [-0.2, -0.15) is 11.6 Å². The van der Waals surface area contributed by atoms with Crippen LogP contribution in [-0.2, 0) is 11.2 Å². The van der Waals surface area contributed by atoms with E-state index in [0.29, 0.717) is 24.7 Å². The van der Waals surface area contributed by atoms with Crippen LogP contribution in [-0.4, -0.2) is 42.3 Å². The molecule has 192 valence electrons. The van der Waals surface area contributed by atoms with Crippen molar-refractivity contribution in [3.05, 3.63) is 59.2 Å². The number of rotatable bonds is 16. The summed E-state index contributed by atoms with van der Waals surface area (Å²) in [6.45, 7) is 5.57. The Kier molecular flexibility index (Phi) is 11.0. The molecule has 1 atom stereocenters. The van der Waals surface area contributed by atoms with E-state index in [1.807, 2.05) is 24.4 Å². The molecule has 3 rings (SSSR count). The number of allylic oxidation sites excluding steroid dienone is 1. The first-order valence-corrected chi connectivity index (χ1v) is 13.1. The standard InChI is InChI=1S/C29H42N2O4/c1-21(2)23-17-25(31-19-23)13-15-34-29-16-22(10-12-27(29)33)9-11-26-18-24(20-32)28(35-26)8-6-4-3-5-7-14-30/h10,12,16-19,21,28,32-33H,3-9,11,13-15,20,30H2,1-2H3. The van der Waals surface area contributed by atoms with Crippen LogP contribution in [0.5, 0.6) is 11.5 Å². The number of benzene rings is 1. The van der Waals surface area contributed by atoms with Crippen molar-refractivity contribution in [1.29, 1.82) is 0 Å². The van der Waals surface area contributed by atoms with Gasteiger partial charge in [0, 0.05) is 18.6 Å². The van der Waals surface area contributed by atoms with Crippen LogP contribution in [0.15, 0.2) is 46.5 Å². The number of phenols is 1. The lowest BCUT2D eigenvalue weighted by Crippen LogP contribution is -2.13. The molecule has 0 spiro atoms. The number of aryl methyl sites for hydroxylation is 1. The van der Waals surface area contributed by atoms with Crippen molar-refractivity contribution in [2.24, 2.45) is 16.6 Å². The minimum Gasteiger partial charge on any atom is -0.504 e. The van der Waals surface area contributed by atoms with Gasteiger partial charge in [0.2, 0.25) is 0 Å². The van der Waals surface area contributed by atoms with E-state index in [4.69, 9.17) is 15.2 Å². The van der Waals surface area contributed by atoms with E-state index in [1.54, 1.807) is 6.07 Å². The molecule has 1 unspecified atom stereocenters. The number of aromatic hydroxyl groups is 1. The van der Waals surface area contributed by atoms with Gasteiger partial charge in [0.05, 0.1) is 12.5 Å². The van der Waals surface area contributed by atoms with Crippen LogP contribution in [0.4, 0.5) is 0 Å². The molecule has 1 aromatic carbocycles. The maximum atomic E-state index is 10.2. The zero-order chi connectivity index (χ0) is 25.0. The third kappa shape index (κ3) is 8.64. The van der Waals surface area contributed by atoms with Crippen LogP contribution in [0.1, 0.15) is 70.8 Å². The summed E-state index contributed by atoms with van der Waals surface area (Å²) in [5.41, 5.74) is 8.83. The zero-order valence-electron chi connectivity index (χ0n) is 21.3. The van der Waals surface area contributed by atoms with Crippen molar-refractivity contribution in [3.8, 4) is 11.5 Å². The zero-order valence-corrected chi connectivity index (χ0v) is 21.3.